The summed E-state index contributed by atoms with van der Waals surface area (Å²) in [6, 6.07) is 3.45. The van der Waals surface area contributed by atoms with Crippen LogP contribution in [0, 0.1) is 0 Å². The van der Waals surface area contributed by atoms with Gasteiger partial charge in [-0.25, -0.2) is 9.78 Å². The molecule has 1 aliphatic carbocycles. The zero-order valence-electron chi connectivity index (χ0n) is 19.1. The number of aromatic nitrogens is 2. The average molecular weight is 473 g/mol. The number of anilines is 1. The molecule has 1 atom stereocenters. The molecule has 0 spiro atoms. The third-order valence-corrected chi connectivity index (χ3v) is 6.63. The van der Waals surface area contributed by atoms with Crippen molar-refractivity contribution in [2.75, 3.05) is 5.32 Å². The van der Waals surface area contributed by atoms with Crippen LogP contribution in [-0.2, 0) is 16.0 Å². The summed E-state index contributed by atoms with van der Waals surface area (Å²) >= 11 is 1.11. The van der Waals surface area contributed by atoms with Crippen LogP contribution in [0.15, 0.2) is 23.9 Å². The van der Waals surface area contributed by atoms with Gasteiger partial charge in [-0.15, -0.1) is 0 Å². The number of carbonyl (C=O) groups excluding carboxylic acids is 3. The zero-order chi connectivity index (χ0) is 24.3. The second kappa shape index (κ2) is 9.70. The Balaban J connectivity index is 1.90. The number of nitrogens with two attached hydrogens (primary N) is 1. The highest BCUT2D eigenvalue weighted by Gasteiger charge is 2.34. The molecular formula is C23H28N4O5S. The third kappa shape index (κ3) is 5.39. The first kappa shape index (κ1) is 24.4. The second-order valence-electron chi connectivity index (χ2n) is 8.44. The second-order valence-corrected chi connectivity index (χ2v) is 9.44. The summed E-state index contributed by atoms with van der Waals surface area (Å²) in [5.41, 5.74) is 6.37. The molecule has 9 nitrogen and oxygen atoms in total. The predicted octanol–water partition coefficient (Wildman–Crippen LogP) is 4.35. The Bertz CT molecular complexity index is 1100. The Morgan fingerprint density at radius 3 is 2.64 bits per heavy atom. The highest BCUT2D eigenvalue weighted by molar-refractivity contribution is 7.18. The number of hydrogen-bond donors (Lipinski definition) is 3. The molecule has 2 heterocycles. The monoisotopic (exact) mass is 472 g/mol. The van der Waals surface area contributed by atoms with E-state index in [0.29, 0.717) is 58.2 Å². The number of allylic oxidation sites excluding steroid dienone is 1. The van der Waals surface area contributed by atoms with Gasteiger partial charge in [0.25, 0.3) is 0 Å². The minimum atomic E-state index is -0.860. The summed E-state index contributed by atoms with van der Waals surface area (Å²) in [4.78, 5) is 45.0. The van der Waals surface area contributed by atoms with E-state index in [1.165, 1.54) is 13.1 Å². The van der Waals surface area contributed by atoms with Crippen molar-refractivity contribution in [3.63, 3.8) is 0 Å². The van der Waals surface area contributed by atoms with Crippen LogP contribution in [0.1, 0.15) is 79.5 Å². The van der Waals surface area contributed by atoms with E-state index in [9.17, 15) is 19.5 Å². The molecule has 2 aromatic heterocycles. The normalized spacial score (nSPS) is 16.4. The first-order valence-corrected chi connectivity index (χ1v) is 11.5. The number of ether oxygens (including phenoxy) is 1. The summed E-state index contributed by atoms with van der Waals surface area (Å²) in [7, 11) is 0. The number of nitrogens with zero attached hydrogens (tertiary/aromatic N) is 2. The Morgan fingerprint density at radius 1 is 1.33 bits per heavy atom. The van der Waals surface area contributed by atoms with Gasteiger partial charge >= 0.3 is 6.09 Å². The van der Waals surface area contributed by atoms with E-state index in [2.05, 4.69) is 15.3 Å². The molecule has 4 N–H and O–H groups in total. The molecule has 0 aliphatic heterocycles. The zero-order valence-corrected chi connectivity index (χ0v) is 19.9. The summed E-state index contributed by atoms with van der Waals surface area (Å²) < 4.78 is 5.27. The number of primary amides is 1. The molecule has 2 amide bonds. The fraction of sp³-hybridized carbons (Fsp3) is 0.435. The number of aliphatic hydroxyl groups excluding tert-OH is 1. The number of thiazole rings is 1. The molecule has 176 valence electrons. The lowest BCUT2D eigenvalue weighted by molar-refractivity contribution is -0.114. The van der Waals surface area contributed by atoms with Crippen molar-refractivity contribution in [2.24, 2.45) is 5.73 Å². The summed E-state index contributed by atoms with van der Waals surface area (Å²) in [5.74, 6) is -0.881. The van der Waals surface area contributed by atoms with E-state index in [1.54, 1.807) is 26.0 Å². The number of aryl methyl sites for hydroxylation is 1. The number of aliphatic hydroxyl groups is 1. The number of ketones is 1. The highest BCUT2D eigenvalue weighted by atomic mass is 32.1. The number of Topliss-reactive ketones (excluding diaryl/α,β-unsaturated/α-hetero) is 1. The first-order chi connectivity index (χ1) is 15.5. The van der Waals surface area contributed by atoms with E-state index in [1.807, 2.05) is 6.92 Å². The fourth-order valence-corrected chi connectivity index (χ4v) is 5.15. The van der Waals surface area contributed by atoms with Gasteiger partial charge < -0.3 is 20.9 Å². The van der Waals surface area contributed by atoms with Gasteiger partial charge in [0.05, 0.1) is 10.6 Å². The van der Waals surface area contributed by atoms with Crippen molar-refractivity contribution in [1.29, 1.82) is 0 Å². The molecule has 0 bridgehead atoms. The molecule has 0 saturated carbocycles. The smallest absolute Gasteiger partial charge is 0.405 e. The van der Waals surface area contributed by atoms with Gasteiger partial charge in [-0.05, 0) is 51.7 Å². The average Bonchev–Trinajstić information content (AvgIpc) is 3.05. The van der Waals surface area contributed by atoms with E-state index in [0.717, 1.165) is 11.3 Å². The molecular weight excluding hydrogens is 444 g/mol. The van der Waals surface area contributed by atoms with Crippen molar-refractivity contribution in [1.82, 2.24) is 9.97 Å². The molecule has 1 aliphatic rings. The Kier molecular flexibility index (Phi) is 7.16. The largest absolute Gasteiger partial charge is 0.507 e. The fourth-order valence-electron chi connectivity index (χ4n) is 4.12. The SMILES string of the molecule is CCC(c1ccc(C(O)=C2CCCc3nc(NC(C)=O)sc3C2=O)cn1)C(C)(C)OC(N)=O. The van der Waals surface area contributed by atoms with E-state index in [4.69, 9.17) is 10.5 Å². The van der Waals surface area contributed by atoms with Crippen molar-refractivity contribution in [2.45, 2.75) is 64.9 Å². The Morgan fingerprint density at radius 2 is 2.06 bits per heavy atom. The van der Waals surface area contributed by atoms with Crippen molar-refractivity contribution >= 4 is 40.0 Å². The number of carbonyl (C=O) groups is 3. The van der Waals surface area contributed by atoms with Crippen LogP contribution in [0.2, 0.25) is 0 Å². The van der Waals surface area contributed by atoms with Crippen molar-refractivity contribution in [3.8, 4) is 0 Å². The third-order valence-electron chi connectivity index (χ3n) is 5.61. The maximum absolute atomic E-state index is 13.2. The van der Waals surface area contributed by atoms with Crippen LogP contribution in [0.4, 0.5) is 9.93 Å². The standard InChI is InChI=1S/C23H28N4O5S/c1-5-15(23(3,4)32-21(24)31)16-10-9-13(11-25-16)18(29)14-7-6-8-17-20(19(14)30)33-22(27-17)26-12(2)28/h9-11,15,29H,5-8H2,1-4H3,(H2,24,31)(H,26,27,28). The van der Waals surface area contributed by atoms with Gasteiger partial charge in [-0.1, -0.05) is 18.3 Å². The molecule has 0 radical (unpaired) electrons. The molecule has 2 aromatic rings. The molecule has 0 fully saturated rings. The van der Waals surface area contributed by atoms with Gasteiger partial charge in [0, 0.05) is 35.9 Å². The van der Waals surface area contributed by atoms with Crippen molar-refractivity contribution < 1.29 is 24.2 Å². The Hall–Kier alpha value is -3.27. The highest BCUT2D eigenvalue weighted by Crippen LogP contribution is 2.35. The number of amides is 2. The van der Waals surface area contributed by atoms with E-state index in [-0.39, 0.29) is 23.4 Å². The van der Waals surface area contributed by atoms with E-state index < -0.39 is 11.7 Å². The van der Waals surface area contributed by atoms with Crippen LogP contribution in [0.3, 0.4) is 0 Å². The van der Waals surface area contributed by atoms with Crippen LogP contribution >= 0.6 is 11.3 Å². The van der Waals surface area contributed by atoms with Crippen molar-refractivity contribution in [3.05, 3.63) is 45.7 Å². The summed E-state index contributed by atoms with van der Waals surface area (Å²) in [5, 5.41) is 13.9. The quantitative estimate of drug-likeness (QED) is 0.322. The molecule has 33 heavy (non-hydrogen) atoms. The first-order valence-electron chi connectivity index (χ1n) is 10.7. The lowest BCUT2D eigenvalue weighted by atomic mass is 9.85. The summed E-state index contributed by atoms with van der Waals surface area (Å²) in [6.07, 6.45) is 2.94. The van der Waals surface area contributed by atoms with Gasteiger partial charge in [-0.3, -0.25) is 14.6 Å². The Labute approximate surface area is 196 Å². The maximum atomic E-state index is 13.2. The molecule has 10 heteroatoms. The minimum Gasteiger partial charge on any atom is -0.507 e. The van der Waals surface area contributed by atoms with Gasteiger partial charge in [0.15, 0.2) is 5.13 Å². The number of nitrogens with one attached hydrogen (secondary N) is 1. The molecule has 1 unspecified atom stereocenters. The van der Waals surface area contributed by atoms with Gasteiger partial charge in [-0.2, -0.15) is 0 Å². The van der Waals surface area contributed by atoms with Crippen LogP contribution in [0.25, 0.3) is 5.76 Å². The number of fused-ring (bicyclic) bond motifs is 1. The maximum Gasteiger partial charge on any atom is 0.405 e. The molecule has 3 rings (SSSR count). The van der Waals surface area contributed by atoms with E-state index >= 15 is 0 Å². The minimum absolute atomic E-state index is 0.123. The van der Waals surface area contributed by atoms with Crippen LogP contribution in [-0.4, -0.2) is 38.5 Å². The molecule has 0 saturated heterocycles. The number of rotatable bonds is 6. The van der Waals surface area contributed by atoms with Crippen LogP contribution < -0.4 is 11.1 Å². The van der Waals surface area contributed by atoms with Crippen LogP contribution in [0.5, 0.6) is 0 Å². The van der Waals surface area contributed by atoms with Gasteiger partial charge in [0.2, 0.25) is 11.7 Å². The number of pyridine rings is 1. The lowest BCUT2D eigenvalue weighted by Crippen LogP contribution is -2.37. The topological polar surface area (TPSA) is 144 Å². The lowest BCUT2D eigenvalue weighted by Gasteiger charge is -2.32. The predicted molar refractivity (Wildman–Crippen MR) is 125 cm³/mol. The van der Waals surface area contributed by atoms with Gasteiger partial charge in [0.1, 0.15) is 11.4 Å². The number of hydrogen-bond acceptors (Lipinski definition) is 8. The molecule has 0 aromatic carbocycles. The summed E-state index contributed by atoms with van der Waals surface area (Å²) in [6.45, 7) is 6.88.